The maximum Gasteiger partial charge on any atom is 0.323 e. The number of nitrogens with zero attached hydrogens (tertiary/aromatic N) is 4. The zero-order chi connectivity index (χ0) is 63.2. The van der Waals surface area contributed by atoms with Gasteiger partial charge in [0.1, 0.15) is 0 Å². The lowest BCUT2D eigenvalue weighted by atomic mass is 9.84. The average molecular weight is 1210 g/mol. The number of fused-ring (bicyclic) bond motifs is 4. The van der Waals surface area contributed by atoms with E-state index >= 15 is 0 Å². The standard InChI is InChI=1S/C76H60N12O4/c1-45-21-29-49(30-22-45)80-73(89)85-63-17-9-5-13-58(63)62-43-57-42-55-38-37-53(77-55)41-54-39-40-56(78-54)44-67-68(59-14-6-10-18-64(59)86-74(90)81-50-31-23-46(2)24-32-50)69(60-15-7-11-19-65(60)87-75(91)82-51-33-25-47(3)26-34-51)72(84-67)70(71(62)79-57)61-16-8-12-20-66(61)88-76(92)83-52-35-27-48(4)28-36-52/h5-44H,1-4H3,(H2,80,85,89)(H2,81,86,90)(H2,82,87,91)(H2,83,88,92). The molecule has 0 atom stereocenters. The molecule has 8 N–H and O–H groups in total. The molecule has 448 valence electrons. The van der Waals surface area contributed by atoms with Crippen molar-refractivity contribution >= 4 is 115 Å². The Hall–Kier alpha value is -12.6. The third-order valence-corrected chi connectivity index (χ3v) is 15.5. The van der Waals surface area contributed by atoms with E-state index in [-0.39, 0.29) is 0 Å². The van der Waals surface area contributed by atoms with Gasteiger partial charge < -0.3 is 42.5 Å². The number of aryl methyl sites for hydroxylation is 4. The second kappa shape index (κ2) is 25.6. The molecule has 0 unspecified atom stereocenters. The zero-order valence-corrected chi connectivity index (χ0v) is 50.5. The summed E-state index contributed by atoms with van der Waals surface area (Å²) < 4.78 is 0. The van der Waals surface area contributed by atoms with E-state index in [9.17, 15) is 19.2 Å². The Morgan fingerprint density at radius 1 is 0.293 bits per heavy atom. The van der Waals surface area contributed by atoms with Crippen LogP contribution in [0.2, 0.25) is 0 Å². The third kappa shape index (κ3) is 13.2. The van der Waals surface area contributed by atoms with Crippen LogP contribution in [-0.4, -0.2) is 47.0 Å². The van der Waals surface area contributed by atoms with E-state index in [0.717, 1.165) is 22.3 Å². The van der Waals surface area contributed by atoms with E-state index in [2.05, 4.69) is 42.5 Å². The number of benzene rings is 8. The summed E-state index contributed by atoms with van der Waals surface area (Å²) in [6.45, 7) is 7.91. The number of hydrogen-bond acceptors (Lipinski definition) is 8. The number of hydrogen-bond donors (Lipinski definition) is 8. The largest absolute Gasteiger partial charge is 0.323 e. The highest BCUT2D eigenvalue weighted by Crippen LogP contribution is 2.50. The summed E-state index contributed by atoms with van der Waals surface area (Å²) in [5, 5.41) is 24.7. The first kappa shape index (κ1) is 58.5. The summed E-state index contributed by atoms with van der Waals surface area (Å²) in [5.74, 6) is 0. The lowest BCUT2D eigenvalue weighted by Gasteiger charge is -2.22. The van der Waals surface area contributed by atoms with Crippen molar-refractivity contribution in [2.75, 3.05) is 42.5 Å². The molecule has 0 spiro atoms. The van der Waals surface area contributed by atoms with Crippen LogP contribution in [-0.2, 0) is 0 Å². The van der Waals surface area contributed by atoms with Gasteiger partial charge in [0.25, 0.3) is 0 Å². The SMILES string of the molecule is Cc1ccc(NC(=O)Nc2ccccc2C2=CC3=CC4=NC(=CC5=NC(=CC6=NC(=C(c7ccccc7NC(=O)Nc7ccc(C)cc7)C2=N3)C(c2ccccc2NC(=O)Nc2ccc(C)cc2)=C6c2ccccc2NC(=O)Nc2ccc(C)cc2)C=C5)C=C4)cc1. The Kier molecular flexibility index (Phi) is 16.3. The minimum Gasteiger partial charge on any atom is -0.308 e. The molecule has 0 saturated heterocycles. The molecule has 8 bridgehead atoms. The minimum absolute atomic E-state index is 0.346. The van der Waals surface area contributed by atoms with Gasteiger partial charge in [0.15, 0.2) is 0 Å². The lowest BCUT2D eigenvalue weighted by Crippen LogP contribution is -2.21. The highest BCUT2D eigenvalue weighted by atomic mass is 16.2. The number of nitrogens with one attached hydrogen (secondary N) is 8. The zero-order valence-electron chi connectivity index (χ0n) is 50.5. The monoisotopic (exact) mass is 1200 g/mol. The molecule has 16 nitrogen and oxygen atoms in total. The highest BCUT2D eigenvalue weighted by Gasteiger charge is 2.36. The van der Waals surface area contributed by atoms with Crippen LogP contribution in [0.15, 0.2) is 285 Å². The normalized spacial score (nSPS) is 14.4. The molecule has 5 heterocycles. The summed E-state index contributed by atoms with van der Waals surface area (Å²) >= 11 is 0. The van der Waals surface area contributed by atoms with Crippen LogP contribution in [0.5, 0.6) is 0 Å². The maximum absolute atomic E-state index is 14.6. The molecule has 0 aliphatic carbocycles. The molecule has 8 aromatic carbocycles. The van der Waals surface area contributed by atoms with Gasteiger partial charge in [-0.3, -0.25) is 0 Å². The number of carbonyl (C=O) groups excluding carboxylic acids is 4. The van der Waals surface area contributed by atoms with Crippen LogP contribution in [0.1, 0.15) is 44.5 Å². The molecule has 92 heavy (non-hydrogen) atoms. The Morgan fingerprint density at radius 2 is 0.630 bits per heavy atom. The van der Waals surface area contributed by atoms with E-state index in [0.29, 0.717) is 136 Å². The molecule has 8 aromatic rings. The van der Waals surface area contributed by atoms with Crippen molar-refractivity contribution in [2.45, 2.75) is 27.7 Å². The molecule has 5 aliphatic heterocycles. The van der Waals surface area contributed by atoms with Crippen molar-refractivity contribution in [1.29, 1.82) is 0 Å². The molecule has 16 heteroatoms. The number of anilines is 8. The van der Waals surface area contributed by atoms with Crippen LogP contribution < -0.4 is 42.5 Å². The fourth-order valence-corrected chi connectivity index (χ4v) is 11.1. The number of allylic oxidation sites excluding steroid dienone is 12. The molecule has 0 aromatic heterocycles. The highest BCUT2D eigenvalue weighted by molar-refractivity contribution is 6.51. The smallest absolute Gasteiger partial charge is 0.308 e. The summed E-state index contributed by atoms with van der Waals surface area (Å²) in [5.41, 5.74) is 16.5. The van der Waals surface area contributed by atoms with Crippen molar-refractivity contribution in [3.05, 3.63) is 310 Å². The van der Waals surface area contributed by atoms with Gasteiger partial charge in [-0.1, -0.05) is 144 Å². The summed E-state index contributed by atoms with van der Waals surface area (Å²) in [6, 6.07) is 57.8. The lowest BCUT2D eigenvalue weighted by molar-refractivity contribution is 0.261. The number of aliphatic imine (C=N–C) groups is 4. The number of amides is 8. The molecule has 5 aliphatic rings. The predicted molar refractivity (Wildman–Crippen MR) is 375 cm³/mol. The third-order valence-electron chi connectivity index (χ3n) is 15.5. The quantitative estimate of drug-likeness (QED) is 0.0599. The van der Waals surface area contributed by atoms with Gasteiger partial charge in [0.05, 0.1) is 68.4 Å². The van der Waals surface area contributed by atoms with E-state index in [4.69, 9.17) is 20.0 Å². The molecule has 0 saturated carbocycles. The number of rotatable bonds is 12. The van der Waals surface area contributed by atoms with Crippen LogP contribution in [0.3, 0.4) is 0 Å². The molecule has 8 amide bonds. The van der Waals surface area contributed by atoms with E-state index in [1.807, 2.05) is 270 Å². The molecular formula is C76H60N12O4. The molecule has 0 fully saturated rings. The van der Waals surface area contributed by atoms with Gasteiger partial charge in [-0.05, 0) is 149 Å². The van der Waals surface area contributed by atoms with Crippen molar-refractivity contribution < 1.29 is 19.2 Å². The first-order valence-corrected chi connectivity index (χ1v) is 29.8. The summed E-state index contributed by atoms with van der Waals surface area (Å²) in [6.07, 6.45) is 15.3. The van der Waals surface area contributed by atoms with Crippen LogP contribution in [0, 0.1) is 27.7 Å². The van der Waals surface area contributed by atoms with Gasteiger partial charge >= 0.3 is 24.1 Å². The van der Waals surface area contributed by atoms with Crippen molar-refractivity contribution in [3.63, 3.8) is 0 Å². The first-order chi connectivity index (χ1) is 44.8. The van der Waals surface area contributed by atoms with Gasteiger partial charge in [-0.15, -0.1) is 0 Å². The van der Waals surface area contributed by atoms with E-state index in [1.54, 1.807) is 0 Å². The van der Waals surface area contributed by atoms with Crippen LogP contribution in [0.25, 0.3) is 22.3 Å². The topological polar surface area (TPSA) is 214 Å². The second-order valence-corrected chi connectivity index (χ2v) is 22.4. The molecule has 0 radical (unpaired) electrons. The fraction of sp³-hybridized carbons (Fsp3) is 0.0526. The minimum atomic E-state index is -0.523. The van der Waals surface area contributed by atoms with E-state index < -0.39 is 24.1 Å². The van der Waals surface area contributed by atoms with Crippen molar-refractivity contribution in [1.82, 2.24) is 0 Å². The summed E-state index contributed by atoms with van der Waals surface area (Å²) in [4.78, 5) is 79.1. The van der Waals surface area contributed by atoms with Crippen LogP contribution in [0.4, 0.5) is 64.7 Å². The average Bonchev–Trinajstić information content (AvgIpc) is 1.56. The molecular weight excluding hydrogens is 1140 g/mol. The maximum atomic E-state index is 14.6. The Morgan fingerprint density at radius 3 is 1.04 bits per heavy atom. The molecule has 13 rings (SSSR count). The Bertz CT molecular complexity index is 4760. The van der Waals surface area contributed by atoms with Gasteiger partial charge in [-0.2, -0.15) is 0 Å². The first-order valence-electron chi connectivity index (χ1n) is 29.8. The Labute approximate surface area is 531 Å². The summed E-state index contributed by atoms with van der Waals surface area (Å²) in [7, 11) is 0. The van der Waals surface area contributed by atoms with E-state index in [1.165, 1.54) is 0 Å². The number of para-hydroxylation sites is 4. The Balaban J connectivity index is 1.09. The van der Waals surface area contributed by atoms with Gasteiger partial charge in [0, 0.05) is 67.3 Å². The fourth-order valence-electron chi connectivity index (χ4n) is 11.1. The van der Waals surface area contributed by atoms with Crippen LogP contribution >= 0.6 is 0 Å². The van der Waals surface area contributed by atoms with Crippen molar-refractivity contribution in [3.8, 4) is 0 Å². The predicted octanol–water partition coefficient (Wildman–Crippen LogP) is 17.5. The van der Waals surface area contributed by atoms with Gasteiger partial charge in [-0.25, -0.2) is 39.1 Å². The number of urea groups is 4. The number of carbonyl (C=O) groups is 4. The second-order valence-electron chi connectivity index (χ2n) is 22.4. The van der Waals surface area contributed by atoms with Gasteiger partial charge in [0.2, 0.25) is 0 Å². The van der Waals surface area contributed by atoms with Crippen molar-refractivity contribution in [2.24, 2.45) is 20.0 Å².